The summed E-state index contributed by atoms with van der Waals surface area (Å²) < 4.78 is 7.15. The second-order valence-electron chi connectivity index (χ2n) is 7.74. The zero-order valence-corrected chi connectivity index (χ0v) is 18.1. The van der Waals surface area contributed by atoms with Crippen LogP contribution in [0.2, 0.25) is 0 Å². The number of rotatable bonds is 6. The molecule has 0 unspecified atom stereocenters. The molecule has 2 aromatic carbocycles. The molecule has 0 aliphatic carbocycles. The van der Waals surface area contributed by atoms with Crippen LogP contribution in [-0.2, 0) is 4.79 Å². The number of carbonyl (C=O) groups excluding carboxylic acids is 1. The van der Waals surface area contributed by atoms with Gasteiger partial charge in [0.05, 0.1) is 17.6 Å². The molecule has 1 aliphatic rings. The summed E-state index contributed by atoms with van der Waals surface area (Å²) in [7, 11) is 0. The molecule has 164 valence electrons. The maximum atomic E-state index is 12.7. The van der Waals surface area contributed by atoms with Crippen LogP contribution in [-0.4, -0.2) is 37.5 Å². The molecule has 0 spiro atoms. The first-order chi connectivity index (χ1) is 16.1. The van der Waals surface area contributed by atoms with E-state index in [1.807, 2.05) is 61.5 Å². The van der Waals surface area contributed by atoms with Gasteiger partial charge in [-0.3, -0.25) is 4.79 Å². The molecule has 0 fully saturated rings. The number of anilines is 1. The lowest BCUT2D eigenvalue weighted by molar-refractivity contribution is -0.116. The Morgan fingerprint density at radius 1 is 1.18 bits per heavy atom. The van der Waals surface area contributed by atoms with Crippen molar-refractivity contribution in [3.8, 4) is 23.0 Å². The van der Waals surface area contributed by atoms with E-state index >= 15 is 0 Å². The van der Waals surface area contributed by atoms with Crippen molar-refractivity contribution in [3.63, 3.8) is 0 Å². The van der Waals surface area contributed by atoms with Crippen molar-refractivity contribution in [3.05, 3.63) is 90.3 Å². The number of carbonyl (C=O) groups is 1. The number of amides is 1. The minimum Gasteiger partial charge on any atom is -0.490 e. The fourth-order valence-corrected chi connectivity index (χ4v) is 4.06. The number of benzene rings is 2. The van der Waals surface area contributed by atoms with Crippen molar-refractivity contribution in [2.45, 2.75) is 19.3 Å². The maximum Gasteiger partial charge on any atom is 0.272 e. The monoisotopic (exact) mass is 438 g/mol. The highest BCUT2D eigenvalue weighted by molar-refractivity contribution is 5.95. The molecule has 3 heterocycles. The number of ether oxygens (including phenoxy) is 1. The van der Waals surface area contributed by atoms with E-state index in [0.29, 0.717) is 30.5 Å². The Morgan fingerprint density at radius 2 is 1.97 bits per heavy atom. The lowest BCUT2D eigenvalue weighted by Crippen LogP contribution is -2.25. The van der Waals surface area contributed by atoms with E-state index in [4.69, 9.17) is 4.74 Å². The van der Waals surface area contributed by atoms with Crippen molar-refractivity contribution in [2.75, 3.05) is 11.9 Å². The van der Waals surface area contributed by atoms with E-state index in [2.05, 4.69) is 32.2 Å². The molecule has 4 aromatic rings. The van der Waals surface area contributed by atoms with E-state index in [9.17, 15) is 4.79 Å². The summed E-state index contributed by atoms with van der Waals surface area (Å²) in [6, 6.07) is 17.5. The Labute approximate surface area is 191 Å². The van der Waals surface area contributed by atoms with Gasteiger partial charge in [0.15, 0.2) is 0 Å². The van der Waals surface area contributed by atoms with Crippen LogP contribution < -0.4 is 10.1 Å². The third-order valence-electron chi connectivity index (χ3n) is 5.56. The van der Waals surface area contributed by atoms with Gasteiger partial charge >= 0.3 is 0 Å². The van der Waals surface area contributed by atoms with Crippen LogP contribution in [0.3, 0.4) is 0 Å². The number of hydrogen-bond donors (Lipinski definition) is 1. The van der Waals surface area contributed by atoms with Crippen LogP contribution in [0.4, 0.5) is 5.82 Å². The van der Waals surface area contributed by atoms with Gasteiger partial charge in [-0.2, -0.15) is 14.9 Å². The van der Waals surface area contributed by atoms with Gasteiger partial charge in [-0.1, -0.05) is 55.1 Å². The number of fused-ring (bicyclic) bond motifs is 1. The first-order valence-corrected chi connectivity index (χ1v) is 10.6. The summed E-state index contributed by atoms with van der Waals surface area (Å²) in [5.41, 5.74) is 4.36. The first kappa shape index (κ1) is 20.6. The lowest BCUT2D eigenvalue weighted by Gasteiger charge is -2.24. The Hall–Kier alpha value is -4.33. The fourth-order valence-electron chi connectivity index (χ4n) is 4.06. The van der Waals surface area contributed by atoms with Gasteiger partial charge in [0, 0.05) is 23.5 Å². The Morgan fingerprint density at radius 3 is 2.73 bits per heavy atom. The predicted molar refractivity (Wildman–Crippen MR) is 124 cm³/mol. The number of nitrogens with zero attached hydrogens (tertiary/aromatic N) is 5. The summed E-state index contributed by atoms with van der Waals surface area (Å²) in [4.78, 5) is 17.3. The molecular weight excluding hydrogens is 416 g/mol. The molecule has 0 radical (unpaired) electrons. The average Bonchev–Trinajstić information content (AvgIpc) is 3.19. The largest absolute Gasteiger partial charge is 0.490 e. The summed E-state index contributed by atoms with van der Waals surface area (Å²) >= 11 is 0. The molecule has 0 saturated carbocycles. The van der Waals surface area contributed by atoms with Crippen LogP contribution in [0.15, 0.2) is 73.4 Å². The average molecular weight is 438 g/mol. The zero-order chi connectivity index (χ0) is 22.8. The molecule has 1 N–H and O–H groups in total. The van der Waals surface area contributed by atoms with Gasteiger partial charge in [0.2, 0.25) is 5.91 Å². The van der Waals surface area contributed by atoms with E-state index in [1.54, 1.807) is 17.0 Å². The highest BCUT2D eigenvalue weighted by Crippen LogP contribution is 2.40. The van der Waals surface area contributed by atoms with E-state index < -0.39 is 0 Å². The first-order valence-electron chi connectivity index (χ1n) is 10.6. The molecule has 33 heavy (non-hydrogen) atoms. The van der Waals surface area contributed by atoms with Crippen molar-refractivity contribution in [1.82, 2.24) is 25.0 Å². The van der Waals surface area contributed by atoms with E-state index in [1.165, 1.54) is 0 Å². The Bertz CT molecular complexity index is 1310. The van der Waals surface area contributed by atoms with Crippen LogP contribution in [0.25, 0.3) is 17.2 Å². The molecule has 2 aromatic heterocycles. The topological polar surface area (TPSA) is 94.8 Å². The third-order valence-corrected chi connectivity index (χ3v) is 5.56. The van der Waals surface area contributed by atoms with E-state index in [0.717, 1.165) is 28.1 Å². The highest BCUT2D eigenvalue weighted by atomic mass is 16.5. The second kappa shape index (κ2) is 8.66. The van der Waals surface area contributed by atoms with Gasteiger partial charge in [-0.05, 0) is 24.6 Å². The SMILES string of the molecule is C=CCOc1ccc([C@@H]2CC(=O)Nc3c2c(C)nn3-c2nncc(-c3ccccc3)n2)cc1. The molecule has 1 atom stereocenters. The van der Waals surface area contributed by atoms with Crippen LogP contribution in [0.1, 0.15) is 29.2 Å². The maximum absolute atomic E-state index is 12.7. The normalized spacial score (nSPS) is 14.9. The summed E-state index contributed by atoms with van der Waals surface area (Å²) in [6.07, 6.45) is 3.64. The highest BCUT2D eigenvalue weighted by Gasteiger charge is 2.33. The quantitative estimate of drug-likeness (QED) is 0.456. The Kier molecular flexibility index (Phi) is 5.40. The molecular formula is C25H22N6O2. The van der Waals surface area contributed by atoms with Crippen LogP contribution in [0, 0.1) is 6.92 Å². The van der Waals surface area contributed by atoms with Crippen LogP contribution >= 0.6 is 0 Å². The van der Waals surface area contributed by atoms with Crippen molar-refractivity contribution >= 4 is 11.7 Å². The van der Waals surface area contributed by atoms with Crippen molar-refractivity contribution < 1.29 is 9.53 Å². The second-order valence-corrected chi connectivity index (χ2v) is 7.74. The molecule has 5 rings (SSSR count). The number of nitrogens with one attached hydrogen (secondary N) is 1. The molecule has 1 amide bonds. The van der Waals surface area contributed by atoms with Gasteiger partial charge in [0.25, 0.3) is 5.95 Å². The minimum atomic E-state index is -0.138. The van der Waals surface area contributed by atoms with Crippen LogP contribution in [0.5, 0.6) is 5.75 Å². The van der Waals surface area contributed by atoms with Crippen molar-refractivity contribution in [1.29, 1.82) is 0 Å². The van der Waals surface area contributed by atoms with Gasteiger partial charge < -0.3 is 10.1 Å². The molecule has 1 aliphatic heterocycles. The summed E-state index contributed by atoms with van der Waals surface area (Å²) in [5.74, 6) is 1.40. The molecule has 8 heteroatoms. The summed E-state index contributed by atoms with van der Waals surface area (Å²) in [5, 5.41) is 15.9. The van der Waals surface area contributed by atoms with Crippen molar-refractivity contribution in [2.24, 2.45) is 0 Å². The minimum absolute atomic E-state index is 0.0900. The molecule has 0 bridgehead atoms. The Balaban J connectivity index is 1.54. The van der Waals surface area contributed by atoms with Gasteiger partial charge in [0.1, 0.15) is 18.2 Å². The fraction of sp³-hybridized carbons (Fsp3) is 0.160. The predicted octanol–water partition coefficient (Wildman–Crippen LogP) is 4.07. The van der Waals surface area contributed by atoms with Gasteiger partial charge in [-0.15, -0.1) is 5.10 Å². The van der Waals surface area contributed by atoms with Gasteiger partial charge in [-0.25, -0.2) is 4.98 Å². The zero-order valence-electron chi connectivity index (χ0n) is 18.1. The number of hydrogen-bond acceptors (Lipinski definition) is 6. The standard InChI is InChI=1S/C25H22N6O2/c1-3-13-33-19-11-9-17(10-12-19)20-14-22(32)28-24-23(20)16(2)30-31(24)25-27-21(15-26-29-25)18-7-5-4-6-8-18/h3-12,15,20H,1,13-14H2,2H3,(H,28,32)/t20-/m0/s1. The summed E-state index contributed by atoms with van der Waals surface area (Å²) in [6.45, 7) is 6.03. The lowest BCUT2D eigenvalue weighted by atomic mass is 9.86. The van der Waals surface area contributed by atoms with E-state index in [-0.39, 0.29) is 11.8 Å². The number of aryl methyl sites for hydroxylation is 1. The smallest absolute Gasteiger partial charge is 0.272 e. The number of aromatic nitrogens is 5. The third kappa shape index (κ3) is 3.98. The molecule has 0 saturated heterocycles. The molecule has 8 nitrogen and oxygen atoms in total.